The topological polar surface area (TPSA) is 153 Å². The minimum Gasteiger partial charge on any atom is -0.480 e. The molecule has 0 aromatic rings. The lowest BCUT2D eigenvalue weighted by atomic mass is 10.0. The number of hydrogen-bond donors (Lipinski definition) is 5. The molecule has 0 amide bonds. The van der Waals surface area contributed by atoms with Gasteiger partial charge < -0.3 is 27.4 Å². The van der Waals surface area contributed by atoms with Gasteiger partial charge in [-0.15, -0.1) is 0 Å². The Morgan fingerprint density at radius 1 is 1.17 bits per heavy atom. The molecule has 108 valence electrons. The molecule has 0 aromatic carbocycles. The van der Waals surface area contributed by atoms with E-state index in [0.29, 0.717) is 19.4 Å². The van der Waals surface area contributed by atoms with Crippen LogP contribution in [-0.4, -0.2) is 40.8 Å². The van der Waals surface area contributed by atoms with Crippen LogP contribution in [0.15, 0.2) is 0 Å². The van der Waals surface area contributed by atoms with Crippen molar-refractivity contribution in [1.82, 2.24) is 0 Å². The molecule has 0 fully saturated rings. The third kappa shape index (κ3) is 10.0. The standard InChI is InChI=1S/C6H13NO2.C5H12N2O2/c1-3-4(2)5(7)6(8)9;6-3-1-2-4(7)5(8)9/h4-5H,3,7H2,1-2H3,(H,8,9);4H,1-3,6-7H2,(H,8,9)/t4-,5-;4-/m00/s1. The fraction of sp³-hybridized carbons (Fsp3) is 0.818. The lowest BCUT2D eigenvalue weighted by Crippen LogP contribution is -2.36. The SMILES string of the molecule is CC[C@H](C)[C@H](N)C(=O)O.NCCC[C@H](N)C(=O)O. The molecule has 0 spiro atoms. The molecule has 0 bridgehead atoms. The molecule has 0 heterocycles. The summed E-state index contributed by atoms with van der Waals surface area (Å²) < 4.78 is 0. The second-order valence-electron chi connectivity index (χ2n) is 4.13. The van der Waals surface area contributed by atoms with Crippen LogP contribution >= 0.6 is 0 Å². The summed E-state index contributed by atoms with van der Waals surface area (Å²) >= 11 is 0. The number of carboxylic acids is 2. The molecular formula is C11H25N3O4. The van der Waals surface area contributed by atoms with E-state index in [2.05, 4.69) is 0 Å². The fourth-order valence-electron chi connectivity index (χ4n) is 0.959. The number of hydrogen-bond acceptors (Lipinski definition) is 5. The summed E-state index contributed by atoms with van der Waals surface area (Å²) in [7, 11) is 0. The molecule has 0 unspecified atom stereocenters. The van der Waals surface area contributed by atoms with Gasteiger partial charge in [0.2, 0.25) is 0 Å². The number of carbonyl (C=O) groups is 2. The van der Waals surface area contributed by atoms with Crippen LogP contribution in [-0.2, 0) is 9.59 Å². The molecule has 0 aliphatic heterocycles. The lowest BCUT2D eigenvalue weighted by molar-refractivity contribution is -0.140. The molecule has 0 saturated heterocycles. The second-order valence-corrected chi connectivity index (χ2v) is 4.13. The van der Waals surface area contributed by atoms with E-state index in [1.165, 1.54) is 0 Å². The first kappa shape index (κ1) is 19.2. The van der Waals surface area contributed by atoms with Crippen LogP contribution in [0.5, 0.6) is 0 Å². The van der Waals surface area contributed by atoms with Gasteiger partial charge in [-0.3, -0.25) is 9.59 Å². The molecule has 0 aliphatic rings. The van der Waals surface area contributed by atoms with E-state index in [0.717, 1.165) is 6.42 Å². The lowest BCUT2D eigenvalue weighted by Gasteiger charge is -2.11. The van der Waals surface area contributed by atoms with Crippen molar-refractivity contribution >= 4 is 11.9 Å². The Hall–Kier alpha value is -1.18. The zero-order valence-corrected chi connectivity index (χ0v) is 11.0. The molecule has 0 saturated carbocycles. The van der Waals surface area contributed by atoms with Crippen LogP contribution in [0.1, 0.15) is 33.1 Å². The van der Waals surface area contributed by atoms with E-state index in [1.54, 1.807) is 0 Å². The van der Waals surface area contributed by atoms with Gasteiger partial charge in [-0.05, 0) is 25.3 Å². The summed E-state index contributed by atoms with van der Waals surface area (Å²) in [6, 6.07) is -1.44. The van der Waals surface area contributed by atoms with E-state index >= 15 is 0 Å². The Labute approximate surface area is 107 Å². The van der Waals surface area contributed by atoms with E-state index in [-0.39, 0.29) is 5.92 Å². The summed E-state index contributed by atoms with van der Waals surface area (Å²) in [5.74, 6) is -1.80. The van der Waals surface area contributed by atoms with Gasteiger partial charge in [0.1, 0.15) is 12.1 Å². The third-order valence-electron chi connectivity index (χ3n) is 2.58. The van der Waals surface area contributed by atoms with Gasteiger partial charge in [0.05, 0.1) is 0 Å². The minimum absolute atomic E-state index is 0.0718. The van der Waals surface area contributed by atoms with Crippen LogP contribution in [0.3, 0.4) is 0 Å². The van der Waals surface area contributed by atoms with Gasteiger partial charge in [0, 0.05) is 0 Å². The van der Waals surface area contributed by atoms with Gasteiger partial charge in [0.25, 0.3) is 0 Å². The van der Waals surface area contributed by atoms with Crippen molar-refractivity contribution in [2.75, 3.05) is 6.54 Å². The fourth-order valence-corrected chi connectivity index (χ4v) is 0.959. The molecule has 0 aromatic heterocycles. The Kier molecular flexibility index (Phi) is 11.7. The Balaban J connectivity index is 0. The highest BCUT2D eigenvalue weighted by Gasteiger charge is 2.17. The largest absolute Gasteiger partial charge is 0.480 e. The average molecular weight is 263 g/mol. The average Bonchev–Trinajstić information content (AvgIpc) is 2.34. The van der Waals surface area contributed by atoms with Gasteiger partial charge in [0.15, 0.2) is 0 Å². The van der Waals surface area contributed by atoms with E-state index in [9.17, 15) is 9.59 Å². The number of nitrogens with two attached hydrogens (primary N) is 3. The van der Waals surface area contributed by atoms with Crippen LogP contribution in [0, 0.1) is 5.92 Å². The Bertz CT molecular complexity index is 248. The van der Waals surface area contributed by atoms with Gasteiger partial charge in [-0.1, -0.05) is 20.3 Å². The van der Waals surface area contributed by atoms with Crippen molar-refractivity contribution in [3.8, 4) is 0 Å². The third-order valence-corrected chi connectivity index (χ3v) is 2.58. The van der Waals surface area contributed by atoms with Crippen molar-refractivity contribution in [3.05, 3.63) is 0 Å². The van der Waals surface area contributed by atoms with E-state index < -0.39 is 24.0 Å². The van der Waals surface area contributed by atoms with Crippen molar-refractivity contribution in [2.45, 2.75) is 45.2 Å². The first-order chi connectivity index (χ1) is 8.27. The smallest absolute Gasteiger partial charge is 0.320 e. The summed E-state index contributed by atoms with van der Waals surface area (Å²) in [6.07, 6.45) is 1.95. The van der Waals surface area contributed by atoms with Crippen LogP contribution in [0.25, 0.3) is 0 Å². The summed E-state index contributed by atoms with van der Waals surface area (Å²) in [6.45, 7) is 4.26. The Morgan fingerprint density at radius 2 is 1.67 bits per heavy atom. The molecule has 8 N–H and O–H groups in total. The quantitative estimate of drug-likeness (QED) is 0.418. The molecule has 7 nitrogen and oxygen atoms in total. The van der Waals surface area contributed by atoms with Gasteiger partial charge in [-0.2, -0.15) is 0 Å². The molecule has 0 radical (unpaired) electrons. The van der Waals surface area contributed by atoms with Crippen molar-refractivity contribution in [3.63, 3.8) is 0 Å². The second kappa shape index (κ2) is 10.9. The minimum atomic E-state index is -0.955. The number of aliphatic carboxylic acids is 2. The van der Waals surface area contributed by atoms with Gasteiger partial charge in [-0.25, -0.2) is 0 Å². The summed E-state index contributed by atoms with van der Waals surface area (Å²) in [5.41, 5.74) is 15.5. The maximum atomic E-state index is 10.2. The number of rotatable bonds is 7. The van der Waals surface area contributed by atoms with Crippen molar-refractivity contribution in [1.29, 1.82) is 0 Å². The molecule has 7 heteroatoms. The van der Waals surface area contributed by atoms with Crippen molar-refractivity contribution < 1.29 is 19.8 Å². The summed E-state index contributed by atoms with van der Waals surface area (Å²) in [4.78, 5) is 20.2. The highest BCUT2D eigenvalue weighted by Crippen LogP contribution is 2.04. The maximum Gasteiger partial charge on any atom is 0.320 e. The maximum absolute atomic E-state index is 10.2. The highest BCUT2D eigenvalue weighted by atomic mass is 16.4. The molecular weight excluding hydrogens is 238 g/mol. The monoisotopic (exact) mass is 263 g/mol. The van der Waals surface area contributed by atoms with E-state index in [4.69, 9.17) is 27.4 Å². The molecule has 18 heavy (non-hydrogen) atoms. The highest BCUT2D eigenvalue weighted by molar-refractivity contribution is 5.73. The first-order valence-corrected chi connectivity index (χ1v) is 5.94. The first-order valence-electron chi connectivity index (χ1n) is 5.94. The predicted octanol–water partition coefficient (Wildman–Crippen LogP) is -0.418. The molecule has 0 aliphatic carbocycles. The normalized spacial score (nSPS) is 14.9. The Morgan fingerprint density at radius 3 is 1.89 bits per heavy atom. The van der Waals surface area contributed by atoms with Crippen molar-refractivity contribution in [2.24, 2.45) is 23.1 Å². The van der Waals surface area contributed by atoms with Crippen LogP contribution in [0.2, 0.25) is 0 Å². The number of carboxylic acid groups (broad SMARTS) is 2. The molecule has 3 atom stereocenters. The van der Waals surface area contributed by atoms with E-state index in [1.807, 2.05) is 13.8 Å². The predicted molar refractivity (Wildman–Crippen MR) is 69.0 cm³/mol. The van der Waals surface area contributed by atoms with Crippen LogP contribution < -0.4 is 17.2 Å². The zero-order valence-electron chi connectivity index (χ0n) is 11.0. The van der Waals surface area contributed by atoms with Gasteiger partial charge >= 0.3 is 11.9 Å². The zero-order chi connectivity index (χ0) is 14.7. The molecule has 0 rings (SSSR count). The van der Waals surface area contributed by atoms with Crippen LogP contribution in [0.4, 0.5) is 0 Å². The summed E-state index contributed by atoms with van der Waals surface area (Å²) in [5, 5.41) is 16.6.